The molecule has 3 rings (SSSR count). The third kappa shape index (κ3) is 3.62. The molecule has 1 atom stereocenters. The first-order valence-corrected chi connectivity index (χ1v) is 9.23. The molecule has 1 unspecified atom stereocenters. The summed E-state index contributed by atoms with van der Waals surface area (Å²) in [5.41, 5.74) is 4.71. The van der Waals surface area contributed by atoms with Crippen LogP contribution in [0.3, 0.4) is 0 Å². The number of phenolic OH excluding ortho intramolecular Hbond substituents is 1. The molecular weight excluding hydrogens is 322 g/mol. The maximum absolute atomic E-state index is 10.9. The van der Waals surface area contributed by atoms with E-state index in [1.54, 1.807) is 0 Å². The van der Waals surface area contributed by atoms with Crippen molar-refractivity contribution >= 4 is 5.71 Å². The molecule has 3 heteroatoms. The van der Waals surface area contributed by atoms with Crippen LogP contribution in [0.5, 0.6) is 5.75 Å². The Morgan fingerprint density at radius 1 is 0.923 bits per heavy atom. The van der Waals surface area contributed by atoms with Gasteiger partial charge < -0.3 is 9.94 Å². The van der Waals surface area contributed by atoms with Crippen LogP contribution in [0.4, 0.5) is 0 Å². The average molecular weight is 351 g/mol. The van der Waals surface area contributed by atoms with E-state index in [-0.39, 0.29) is 16.9 Å². The van der Waals surface area contributed by atoms with Gasteiger partial charge in [-0.15, -0.1) is 0 Å². The van der Waals surface area contributed by atoms with Crippen LogP contribution in [0.2, 0.25) is 0 Å². The summed E-state index contributed by atoms with van der Waals surface area (Å²) in [7, 11) is 0. The minimum Gasteiger partial charge on any atom is -0.507 e. The molecule has 1 N–H and O–H groups in total. The van der Waals surface area contributed by atoms with Gasteiger partial charge in [0.25, 0.3) is 0 Å². The van der Waals surface area contributed by atoms with Gasteiger partial charge in [-0.1, -0.05) is 77.0 Å². The normalized spacial score (nSPS) is 17.8. The van der Waals surface area contributed by atoms with Gasteiger partial charge >= 0.3 is 0 Å². The minimum absolute atomic E-state index is 0.0452. The van der Waals surface area contributed by atoms with E-state index in [9.17, 15) is 5.11 Å². The van der Waals surface area contributed by atoms with Gasteiger partial charge in [0.1, 0.15) is 5.75 Å². The lowest BCUT2D eigenvalue weighted by molar-refractivity contribution is 0.0857. The predicted molar refractivity (Wildman–Crippen MR) is 107 cm³/mol. The lowest BCUT2D eigenvalue weighted by Crippen LogP contribution is -2.18. The molecule has 0 saturated carbocycles. The zero-order valence-electron chi connectivity index (χ0n) is 16.6. The monoisotopic (exact) mass is 351 g/mol. The van der Waals surface area contributed by atoms with Crippen LogP contribution in [-0.4, -0.2) is 10.8 Å². The Morgan fingerprint density at radius 2 is 1.46 bits per heavy atom. The molecule has 138 valence electrons. The Bertz CT molecular complexity index is 789. The van der Waals surface area contributed by atoms with Gasteiger partial charge in [0.2, 0.25) is 0 Å². The quantitative estimate of drug-likeness (QED) is 0.737. The van der Waals surface area contributed by atoms with E-state index in [1.807, 2.05) is 18.2 Å². The fourth-order valence-corrected chi connectivity index (χ4v) is 3.34. The van der Waals surface area contributed by atoms with Gasteiger partial charge in [-0.25, -0.2) is 0 Å². The molecule has 3 nitrogen and oxygen atoms in total. The van der Waals surface area contributed by atoms with Gasteiger partial charge in [0.05, 0.1) is 5.71 Å². The first kappa shape index (κ1) is 18.5. The Balaban J connectivity index is 2.01. The van der Waals surface area contributed by atoms with E-state index in [2.05, 4.69) is 71.0 Å². The van der Waals surface area contributed by atoms with Crippen LogP contribution in [0, 0.1) is 0 Å². The summed E-state index contributed by atoms with van der Waals surface area (Å²) < 4.78 is 0. The van der Waals surface area contributed by atoms with Crippen LogP contribution >= 0.6 is 0 Å². The number of oxime groups is 1. The first-order chi connectivity index (χ1) is 12.1. The van der Waals surface area contributed by atoms with Crippen molar-refractivity contribution in [2.45, 2.75) is 64.9 Å². The highest BCUT2D eigenvalue weighted by Crippen LogP contribution is 2.41. The molecule has 0 aliphatic carbocycles. The molecule has 1 aliphatic heterocycles. The van der Waals surface area contributed by atoms with Crippen molar-refractivity contribution in [2.24, 2.45) is 5.16 Å². The smallest absolute Gasteiger partial charge is 0.158 e. The van der Waals surface area contributed by atoms with Gasteiger partial charge in [0, 0.05) is 23.1 Å². The van der Waals surface area contributed by atoms with Crippen molar-refractivity contribution in [1.29, 1.82) is 0 Å². The summed E-state index contributed by atoms with van der Waals surface area (Å²) in [4.78, 5) is 5.71. The molecule has 0 saturated heterocycles. The lowest BCUT2D eigenvalue weighted by Gasteiger charge is -2.28. The molecule has 0 spiro atoms. The molecule has 1 heterocycles. The van der Waals surface area contributed by atoms with Crippen molar-refractivity contribution in [1.82, 2.24) is 0 Å². The van der Waals surface area contributed by atoms with Gasteiger partial charge in [-0.05, 0) is 28.5 Å². The van der Waals surface area contributed by atoms with Crippen molar-refractivity contribution in [2.75, 3.05) is 0 Å². The molecule has 0 amide bonds. The zero-order valence-corrected chi connectivity index (χ0v) is 16.6. The molecule has 0 bridgehead atoms. The van der Waals surface area contributed by atoms with Crippen LogP contribution in [-0.2, 0) is 15.7 Å². The fourth-order valence-electron chi connectivity index (χ4n) is 3.34. The predicted octanol–water partition coefficient (Wildman–Crippen LogP) is 5.85. The van der Waals surface area contributed by atoms with E-state index in [0.717, 1.165) is 34.4 Å². The first-order valence-electron chi connectivity index (χ1n) is 9.23. The summed E-state index contributed by atoms with van der Waals surface area (Å²) in [6, 6.07) is 14.3. The highest BCUT2D eigenvalue weighted by atomic mass is 16.6. The second-order valence-corrected chi connectivity index (χ2v) is 9.17. The van der Waals surface area contributed by atoms with E-state index < -0.39 is 0 Å². The Morgan fingerprint density at radius 3 is 1.96 bits per heavy atom. The number of rotatable bonds is 2. The molecule has 1 aliphatic rings. The van der Waals surface area contributed by atoms with Gasteiger partial charge in [0.15, 0.2) is 6.10 Å². The standard InChI is InChI=1S/C23H29NO2/c1-22(2,3)17-12-16(13-18(21(17)25)23(4,5)6)19-14-20(26-24-19)15-10-8-7-9-11-15/h7-13,20,25H,14H2,1-6H3. The molecule has 26 heavy (non-hydrogen) atoms. The van der Waals surface area contributed by atoms with E-state index >= 15 is 0 Å². The van der Waals surface area contributed by atoms with Crippen LogP contribution in [0.25, 0.3) is 0 Å². The number of phenols is 1. The van der Waals surface area contributed by atoms with Crippen LogP contribution in [0.15, 0.2) is 47.6 Å². The van der Waals surface area contributed by atoms with Crippen molar-refractivity contribution < 1.29 is 9.94 Å². The Hall–Kier alpha value is -2.29. The molecule has 0 fully saturated rings. The summed E-state index contributed by atoms with van der Waals surface area (Å²) in [6.07, 6.45) is 0.693. The number of nitrogens with zero attached hydrogens (tertiary/aromatic N) is 1. The third-order valence-electron chi connectivity index (χ3n) is 4.90. The Labute approximate surface area is 156 Å². The maximum Gasteiger partial charge on any atom is 0.158 e. The Kier molecular flexibility index (Phi) is 4.60. The lowest BCUT2D eigenvalue weighted by atomic mass is 9.77. The van der Waals surface area contributed by atoms with Gasteiger partial charge in [-0.2, -0.15) is 0 Å². The van der Waals surface area contributed by atoms with Crippen molar-refractivity contribution in [3.8, 4) is 5.75 Å². The summed E-state index contributed by atoms with van der Waals surface area (Å²) >= 11 is 0. The highest BCUT2D eigenvalue weighted by molar-refractivity contribution is 6.02. The van der Waals surface area contributed by atoms with E-state index in [4.69, 9.17) is 4.84 Å². The van der Waals surface area contributed by atoms with Crippen LogP contribution < -0.4 is 0 Å². The molecule has 2 aromatic carbocycles. The maximum atomic E-state index is 10.9. The summed E-state index contributed by atoms with van der Waals surface area (Å²) in [5.74, 6) is 0.396. The van der Waals surface area contributed by atoms with Crippen molar-refractivity contribution in [3.63, 3.8) is 0 Å². The number of aromatic hydroxyl groups is 1. The SMILES string of the molecule is CC(C)(C)c1cc(C2=NOC(c3ccccc3)C2)cc(C(C)(C)C)c1O. The second kappa shape index (κ2) is 6.46. The summed E-state index contributed by atoms with van der Waals surface area (Å²) in [5, 5.41) is 15.3. The molecule has 2 aromatic rings. The topological polar surface area (TPSA) is 41.8 Å². The number of hydrogen-bond donors (Lipinski definition) is 1. The largest absolute Gasteiger partial charge is 0.507 e. The van der Waals surface area contributed by atoms with E-state index in [0.29, 0.717) is 5.75 Å². The van der Waals surface area contributed by atoms with E-state index in [1.165, 1.54) is 0 Å². The van der Waals surface area contributed by atoms with Crippen molar-refractivity contribution in [3.05, 3.63) is 64.7 Å². The zero-order chi connectivity index (χ0) is 19.1. The molecular formula is C23H29NO2. The molecule has 0 radical (unpaired) electrons. The third-order valence-corrected chi connectivity index (χ3v) is 4.90. The van der Waals surface area contributed by atoms with Gasteiger partial charge in [-0.3, -0.25) is 0 Å². The second-order valence-electron chi connectivity index (χ2n) is 9.17. The highest BCUT2D eigenvalue weighted by Gasteiger charge is 2.30. The summed E-state index contributed by atoms with van der Waals surface area (Å²) in [6.45, 7) is 12.7. The minimum atomic E-state index is -0.154. The fraction of sp³-hybridized carbons (Fsp3) is 0.435. The number of benzene rings is 2. The average Bonchev–Trinajstić information content (AvgIpc) is 3.03. The molecule has 0 aromatic heterocycles. The van der Waals surface area contributed by atoms with Crippen LogP contribution in [0.1, 0.15) is 76.3 Å². The number of hydrogen-bond acceptors (Lipinski definition) is 3.